The van der Waals surface area contributed by atoms with Crippen molar-refractivity contribution >= 4 is 11.6 Å². The zero-order valence-electron chi connectivity index (χ0n) is 15.5. The molecule has 1 atom stereocenters. The summed E-state index contributed by atoms with van der Waals surface area (Å²) in [5, 5.41) is 3.09. The molecular formula is C19H29N5O. The molecule has 0 aromatic carbocycles. The third-order valence-corrected chi connectivity index (χ3v) is 5.02. The number of carbonyl (C=O) groups is 1. The van der Waals surface area contributed by atoms with Crippen molar-refractivity contribution in [2.24, 2.45) is 5.92 Å². The van der Waals surface area contributed by atoms with Crippen LogP contribution in [0.25, 0.3) is 5.65 Å². The predicted molar refractivity (Wildman–Crippen MR) is 99.4 cm³/mol. The Morgan fingerprint density at radius 1 is 1.16 bits per heavy atom. The minimum absolute atomic E-state index is 0.134. The Hall–Kier alpha value is -1.92. The fraction of sp³-hybridized carbons (Fsp3) is 0.579. The Morgan fingerprint density at radius 3 is 2.56 bits per heavy atom. The van der Waals surface area contributed by atoms with Gasteiger partial charge in [0, 0.05) is 51.2 Å². The number of hydrogen-bond acceptors (Lipinski definition) is 4. The number of nitrogens with zero attached hydrogens (tertiary/aromatic N) is 4. The van der Waals surface area contributed by atoms with Gasteiger partial charge in [-0.3, -0.25) is 14.6 Å². The number of amides is 1. The van der Waals surface area contributed by atoms with Gasteiger partial charge in [0.25, 0.3) is 0 Å². The van der Waals surface area contributed by atoms with Crippen molar-refractivity contribution in [1.29, 1.82) is 0 Å². The second-order valence-corrected chi connectivity index (χ2v) is 7.35. The van der Waals surface area contributed by atoms with E-state index in [-0.39, 0.29) is 11.9 Å². The van der Waals surface area contributed by atoms with Crippen molar-refractivity contribution in [1.82, 2.24) is 24.5 Å². The summed E-state index contributed by atoms with van der Waals surface area (Å²) in [4.78, 5) is 21.4. The number of hydrogen-bond donors (Lipinski definition) is 1. The number of fused-ring (bicyclic) bond motifs is 1. The molecule has 0 aliphatic carbocycles. The summed E-state index contributed by atoms with van der Waals surface area (Å²) in [6, 6.07) is 6.28. The monoisotopic (exact) mass is 343 g/mol. The maximum atomic E-state index is 12.1. The largest absolute Gasteiger partial charge is 0.352 e. The molecule has 1 fully saturated rings. The summed E-state index contributed by atoms with van der Waals surface area (Å²) < 4.78 is 2.06. The van der Waals surface area contributed by atoms with Crippen LogP contribution in [0.15, 0.2) is 30.6 Å². The maximum Gasteiger partial charge on any atom is 0.234 e. The van der Waals surface area contributed by atoms with Crippen molar-refractivity contribution < 1.29 is 4.79 Å². The van der Waals surface area contributed by atoms with E-state index in [9.17, 15) is 4.79 Å². The van der Waals surface area contributed by atoms with Gasteiger partial charge in [-0.1, -0.05) is 19.9 Å². The summed E-state index contributed by atoms with van der Waals surface area (Å²) in [6.07, 6.45) is 4.13. The fourth-order valence-electron chi connectivity index (χ4n) is 3.07. The van der Waals surface area contributed by atoms with E-state index in [2.05, 4.69) is 51.5 Å². The predicted octanol–water partition coefficient (Wildman–Crippen LogP) is 1.61. The zero-order valence-corrected chi connectivity index (χ0v) is 15.5. The van der Waals surface area contributed by atoms with E-state index in [0.29, 0.717) is 12.5 Å². The maximum absolute atomic E-state index is 12.1. The van der Waals surface area contributed by atoms with Crippen LogP contribution < -0.4 is 5.32 Å². The molecule has 2 aromatic heterocycles. The molecular weight excluding hydrogens is 314 g/mol. The number of piperazine rings is 1. The molecule has 1 amide bonds. The van der Waals surface area contributed by atoms with Crippen LogP contribution in [0.1, 0.15) is 26.5 Å². The molecule has 1 aliphatic heterocycles. The van der Waals surface area contributed by atoms with Gasteiger partial charge in [0.15, 0.2) is 0 Å². The number of nitrogens with one attached hydrogen (secondary N) is 1. The van der Waals surface area contributed by atoms with Crippen LogP contribution in [0.4, 0.5) is 0 Å². The molecule has 3 rings (SSSR count). The van der Waals surface area contributed by atoms with Crippen LogP contribution in [0, 0.1) is 5.92 Å². The van der Waals surface area contributed by atoms with Gasteiger partial charge >= 0.3 is 0 Å². The molecule has 1 unspecified atom stereocenters. The van der Waals surface area contributed by atoms with Crippen molar-refractivity contribution in [2.45, 2.75) is 33.4 Å². The minimum atomic E-state index is 0.134. The second kappa shape index (κ2) is 7.97. The Bertz CT molecular complexity index is 670. The summed E-state index contributed by atoms with van der Waals surface area (Å²) >= 11 is 0. The highest BCUT2D eigenvalue weighted by Gasteiger charge is 2.20. The number of imidazole rings is 1. The molecule has 0 bridgehead atoms. The van der Waals surface area contributed by atoms with Crippen LogP contribution >= 0.6 is 0 Å². The van der Waals surface area contributed by atoms with Crippen molar-refractivity contribution in [3.8, 4) is 0 Å². The molecule has 136 valence electrons. The van der Waals surface area contributed by atoms with Gasteiger partial charge in [-0.2, -0.15) is 0 Å². The quantitative estimate of drug-likeness (QED) is 0.866. The molecule has 3 heterocycles. The lowest BCUT2D eigenvalue weighted by Crippen LogP contribution is -2.50. The van der Waals surface area contributed by atoms with E-state index >= 15 is 0 Å². The molecule has 2 aromatic rings. The molecule has 0 spiro atoms. The van der Waals surface area contributed by atoms with Crippen LogP contribution in [-0.2, 0) is 11.3 Å². The van der Waals surface area contributed by atoms with Gasteiger partial charge in [-0.15, -0.1) is 0 Å². The molecule has 1 N–H and O–H groups in total. The average Bonchev–Trinajstić information content (AvgIpc) is 2.98. The molecule has 6 heteroatoms. The van der Waals surface area contributed by atoms with E-state index in [1.165, 1.54) is 0 Å². The molecule has 1 aliphatic rings. The third-order valence-electron chi connectivity index (χ3n) is 5.02. The smallest absolute Gasteiger partial charge is 0.234 e. The Morgan fingerprint density at radius 2 is 1.88 bits per heavy atom. The summed E-state index contributed by atoms with van der Waals surface area (Å²) in [6.45, 7) is 11.5. The van der Waals surface area contributed by atoms with E-state index in [1.54, 1.807) is 0 Å². The number of pyridine rings is 1. The molecule has 6 nitrogen and oxygen atoms in total. The summed E-state index contributed by atoms with van der Waals surface area (Å²) in [7, 11) is 0. The number of carbonyl (C=O) groups excluding carboxylic acids is 1. The van der Waals surface area contributed by atoms with Gasteiger partial charge in [0.2, 0.25) is 5.91 Å². The van der Waals surface area contributed by atoms with Crippen LogP contribution in [-0.4, -0.2) is 63.9 Å². The first-order valence-corrected chi connectivity index (χ1v) is 9.18. The molecule has 25 heavy (non-hydrogen) atoms. The Labute approximate surface area is 149 Å². The third kappa shape index (κ3) is 4.80. The molecule has 0 saturated carbocycles. The summed E-state index contributed by atoms with van der Waals surface area (Å²) in [5.74, 6) is 0.598. The van der Waals surface area contributed by atoms with Crippen molar-refractivity contribution in [2.75, 3.05) is 32.7 Å². The van der Waals surface area contributed by atoms with E-state index in [0.717, 1.165) is 44.1 Å². The lowest BCUT2D eigenvalue weighted by atomic mass is 10.1. The minimum Gasteiger partial charge on any atom is -0.352 e. The Balaban J connectivity index is 1.44. The van der Waals surface area contributed by atoms with Crippen molar-refractivity contribution in [3.05, 3.63) is 36.3 Å². The first-order chi connectivity index (χ1) is 12.0. The average molecular weight is 343 g/mol. The fourth-order valence-corrected chi connectivity index (χ4v) is 3.07. The van der Waals surface area contributed by atoms with E-state index in [1.807, 2.05) is 24.4 Å². The highest BCUT2D eigenvalue weighted by atomic mass is 16.2. The van der Waals surface area contributed by atoms with Crippen molar-refractivity contribution in [3.63, 3.8) is 0 Å². The van der Waals surface area contributed by atoms with E-state index in [4.69, 9.17) is 0 Å². The van der Waals surface area contributed by atoms with Gasteiger partial charge in [-0.25, -0.2) is 4.98 Å². The van der Waals surface area contributed by atoms with Gasteiger partial charge in [0.1, 0.15) is 5.65 Å². The number of rotatable bonds is 6. The zero-order chi connectivity index (χ0) is 17.8. The molecule has 0 radical (unpaired) electrons. The highest BCUT2D eigenvalue weighted by molar-refractivity contribution is 5.78. The molecule has 1 saturated heterocycles. The highest BCUT2D eigenvalue weighted by Crippen LogP contribution is 2.10. The van der Waals surface area contributed by atoms with E-state index < -0.39 is 0 Å². The topological polar surface area (TPSA) is 52.9 Å². The van der Waals surface area contributed by atoms with Gasteiger partial charge < -0.3 is 9.72 Å². The standard InChI is InChI=1S/C19H29N5O/c1-15(2)16(3)20-19(25)14-23-10-8-22(9-11-23)12-17-13-24-7-5-4-6-18(24)21-17/h4-7,13,15-16H,8-12,14H2,1-3H3,(H,20,25). The van der Waals surface area contributed by atoms with Gasteiger partial charge in [0.05, 0.1) is 12.2 Å². The first kappa shape index (κ1) is 17.9. The second-order valence-electron chi connectivity index (χ2n) is 7.35. The summed E-state index contributed by atoms with van der Waals surface area (Å²) in [5.41, 5.74) is 2.09. The van der Waals surface area contributed by atoms with Gasteiger partial charge in [-0.05, 0) is 25.0 Å². The van der Waals surface area contributed by atoms with Crippen LogP contribution in [0.2, 0.25) is 0 Å². The first-order valence-electron chi connectivity index (χ1n) is 9.18. The van der Waals surface area contributed by atoms with Crippen LogP contribution in [0.5, 0.6) is 0 Å². The van der Waals surface area contributed by atoms with Crippen LogP contribution in [0.3, 0.4) is 0 Å². The Kier molecular flexibility index (Phi) is 5.71. The normalized spacial score (nSPS) is 17.9. The lowest BCUT2D eigenvalue weighted by molar-refractivity contribution is -0.123. The SMILES string of the molecule is CC(C)C(C)NC(=O)CN1CCN(Cc2cn3ccccc3n2)CC1. The lowest BCUT2D eigenvalue weighted by Gasteiger charge is -2.34. The number of aromatic nitrogens is 2.